The van der Waals surface area contributed by atoms with Crippen molar-refractivity contribution in [3.05, 3.63) is 58.8 Å². The van der Waals surface area contributed by atoms with Crippen LogP contribution in [-0.2, 0) is 16.0 Å². The maximum Gasteiger partial charge on any atom is 0.573 e. The van der Waals surface area contributed by atoms with Crippen LogP contribution in [0.2, 0.25) is 0 Å². The lowest BCUT2D eigenvalue weighted by Gasteiger charge is -2.11. The van der Waals surface area contributed by atoms with Gasteiger partial charge in [0.05, 0.1) is 18.0 Å². The van der Waals surface area contributed by atoms with Gasteiger partial charge in [-0.25, -0.2) is 8.78 Å². The van der Waals surface area contributed by atoms with Gasteiger partial charge in [-0.05, 0) is 50.6 Å². The average molecular weight is 471 g/mol. The number of rotatable bonds is 5. The predicted octanol–water partition coefficient (Wildman–Crippen LogP) is 5.01. The highest BCUT2D eigenvalue weighted by molar-refractivity contribution is 6.05. The Labute approximate surface area is 184 Å². The summed E-state index contributed by atoms with van der Waals surface area (Å²) in [5.74, 6) is -6.11. The molecule has 2 aromatic carbocycles. The van der Waals surface area contributed by atoms with Gasteiger partial charge in [-0.2, -0.15) is 0 Å². The van der Waals surface area contributed by atoms with Gasteiger partial charge >= 0.3 is 12.3 Å². The summed E-state index contributed by atoms with van der Waals surface area (Å²) in [6.07, 6.45) is -5.86. The fraction of sp³-hybridized carbons (Fsp3) is 0.273. The van der Waals surface area contributed by atoms with Gasteiger partial charge in [0.15, 0.2) is 17.4 Å². The Kier molecular flexibility index (Phi) is 6.35. The number of nitrogens with zero attached hydrogens (tertiary/aromatic N) is 1. The van der Waals surface area contributed by atoms with Gasteiger partial charge < -0.3 is 14.6 Å². The molecule has 3 aromatic rings. The number of hydrogen-bond donors (Lipinski definition) is 1. The molecule has 0 saturated heterocycles. The van der Waals surface area contributed by atoms with Crippen LogP contribution < -0.4 is 4.74 Å². The number of fused-ring (bicyclic) bond motifs is 1. The van der Waals surface area contributed by atoms with Crippen molar-refractivity contribution in [2.24, 2.45) is 0 Å². The Morgan fingerprint density at radius 2 is 1.73 bits per heavy atom. The SMILES string of the molecule is Cc1c(CC(=O)OC(C)C)c2c(F)c(O)c(F)cc2n1C(=O)c1ccc(OC(F)(F)F)cc1. The molecule has 0 aliphatic rings. The van der Waals surface area contributed by atoms with E-state index in [1.165, 1.54) is 6.92 Å². The van der Waals surface area contributed by atoms with Gasteiger partial charge in [-0.1, -0.05) is 0 Å². The molecule has 6 nitrogen and oxygen atoms in total. The second kappa shape index (κ2) is 8.72. The number of aromatic hydroxyl groups is 1. The lowest BCUT2D eigenvalue weighted by Crippen LogP contribution is -2.18. The zero-order valence-electron chi connectivity index (χ0n) is 17.6. The number of carbonyl (C=O) groups is 2. The summed E-state index contributed by atoms with van der Waals surface area (Å²) in [4.78, 5) is 25.3. The van der Waals surface area contributed by atoms with Crippen LogP contribution in [0.5, 0.6) is 11.5 Å². The minimum atomic E-state index is -4.92. The van der Waals surface area contributed by atoms with E-state index in [0.717, 1.165) is 34.9 Å². The molecule has 0 saturated carbocycles. The van der Waals surface area contributed by atoms with E-state index in [9.17, 15) is 36.6 Å². The zero-order chi connectivity index (χ0) is 24.7. The first-order chi connectivity index (χ1) is 15.3. The highest BCUT2D eigenvalue weighted by Gasteiger charge is 2.31. The van der Waals surface area contributed by atoms with E-state index in [1.807, 2.05) is 0 Å². The molecule has 33 heavy (non-hydrogen) atoms. The molecule has 176 valence electrons. The maximum atomic E-state index is 14.8. The fourth-order valence-electron chi connectivity index (χ4n) is 3.41. The second-order valence-electron chi connectivity index (χ2n) is 7.41. The number of alkyl halides is 3. The van der Waals surface area contributed by atoms with Gasteiger partial charge in [0.1, 0.15) is 5.75 Å². The molecular formula is C22H18F5NO5. The van der Waals surface area contributed by atoms with E-state index in [4.69, 9.17) is 4.74 Å². The van der Waals surface area contributed by atoms with E-state index >= 15 is 0 Å². The molecule has 1 N–H and O–H groups in total. The minimum absolute atomic E-state index is 0.00572. The molecule has 0 aliphatic carbocycles. The second-order valence-corrected chi connectivity index (χ2v) is 7.41. The molecule has 1 aromatic heterocycles. The monoisotopic (exact) mass is 471 g/mol. The number of phenolic OH excluding ortho intramolecular Hbond substituents is 1. The Balaban J connectivity index is 2.13. The standard InChI is InChI=1S/C22H18F5NO5/c1-10(2)32-17(29)8-14-11(3)28(16-9-15(23)20(30)19(24)18(14)16)21(31)12-4-6-13(7-5-12)33-22(25,26)27/h4-7,9-10,30H,8H2,1-3H3. The van der Waals surface area contributed by atoms with E-state index in [2.05, 4.69) is 4.74 Å². The van der Waals surface area contributed by atoms with Crippen molar-refractivity contribution in [2.45, 2.75) is 39.7 Å². The maximum absolute atomic E-state index is 14.8. The first-order valence-corrected chi connectivity index (χ1v) is 9.61. The molecule has 0 aliphatic heterocycles. The van der Waals surface area contributed by atoms with Crippen LogP contribution in [0.15, 0.2) is 30.3 Å². The molecule has 0 atom stereocenters. The van der Waals surface area contributed by atoms with E-state index < -0.39 is 53.9 Å². The molecule has 0 bridgehead atoms. The number of ether oxygens (including phenoxy) is 2. The average Bonchev–Trinajstić information content (AvgIpc) is 2.95. The molecule has 0 radical (unpaired) electrons. The third kappa shape index (κ3) is 4.91. The van der Waals surface area contributed by atoms with Crippen molar-refractivity contribution in [3.63, 3.8) is 0 Å². The van der Waals surface area contributed by atoms with Crippen LogP contribution in [0.25, 0.3) is 10.9 Å². The number of benzene rings is 2. The Morgan fingerprint density at radius 1 is 1.12 bits per heavy atom. The quantitative estimate of drug-likeness (QED) is 0.418. The van der Waals surface area contributed by atoms with Gasteiger partial charge in [-0.15, -0.1) is 13.2 Å². The molecule has 11 heteroatoms. The molecule has 3 rings (SSSR count). The summed E-state index contributed by atoms with van der Waals surface area (Å²) in [7, 11) is 0. The van der Waals surface area contributed by atoms with Crippen LogP contribution in [0.4, 0.5) is 22.0 Å². The summed E-state index contributed by atoms with van der Waals surface area (Å²) in [6, 6.07) is 4.66. The van der Waals surface area contributed by atoms with Crippen LogP contribution in [0, 0.1) is 18.6 Å². The summed E-state index contributed by atoms with van der Waals surface area (Å²) < 4.78 is 75.8. The van der Waals surface area contributed by atoms with Crippen molar-refractivity contribution < 1.29 is 46.1 Å². The van der Waals surface area contributed by atoms with Crippen LogP contribution in [-0.4, -0.2) is 34.0 Å². The van der Waals surface area contributed by atoms with Crippen molar-refractivity contribution in [1.82, 2.24) is 4.57 Å². The number of halogens is 5. The molecule has 0 fully saturated rings. The number of esters is 1. The first kappa shape index (κ1) is 24.0. The van der Waals surface area contributed by atoms with Gasteiger partial charge in [0.25, 0.3) is 5.91 Å². The fourth-order valence-corrected chi connectivity index (χ4v) is 3.41. The number of hydrogen-bond acceptors (Lipinski definition) is 5. The van der Waals surface area contributed by atoms with Crippen molar-refractivity contribution in [1.29, 1.82) is 0 Å². The van der Waals surface area contributed by atoms with Gasteiger partial charge in [0.2, 0.25) is 0 Å². The Morgan fingerprint density at radius 3 is 2.27 bits per heavy atom. The molecule has 0 spiro atoms. The summed E-state index contributed by atoms with van der Waals surface area (Å²) in [5, 5.41) is 9.37. The van der Waals surface area contributed by atoms with E-state index in [1.54, 1.807) is 13.8 Å². The van der Waals surface area contributed by atoms with E-state index in [-0.39, 0.29) is 27.7 Å². The largest absolute Gasteiger partial charge is 0.573 e. The third-order valence-corrected chi connectivity index (χ3v) is 4.71. The summed E-state index contributed by atoms with van der Waals surface area (Å²) >= 11 is 0. The van der Waals surface area contributed by atoms with Crippen LogP contribution in [0.1, 0.15) is 35.5 Å². The smallest absolute Gasteiger partial charge is 0.503 e. The summed E-state index contributed by atoms with van der Waals surface area (Å²) in [6.45, 7) is 4.59. The zero-order valence-corrected chi connectivity index (χ0v) is 17.6. The van der Waals surface area contributed by atoms with Gasteiger partial charge in [0, 0.05) is 22.7 Å². The predicted molar refractivity (Wildman–Crippen MR) is 106 cm³/mol. The molecule has 0 unspecified atom stereocenters. The van der Waals surface area contributed by atoms with E-state index in [0.29, 0.717) is 0 Å². The molecule has 0 amide bonds. The number of carbonyl (C=O) groups excluding carboxylic acids is 2. The topological polar surface area (TPSA) is 77.8 Å². The lowest BCUT2D eigenvalue weighted by atomic mass is 10.1. The molecule has 1 heterocycles. The molecular weight excluding hydrogens is 453 g/mol. The van der Waals surface area contributed by atoms with Crippen LogP contribution >= 0.6 is 0 Å². The first-order valence-electron chi connectivity index (χ1n) is 9.61. The highest BCUT2D eigenvalue weighted by Crippen LogP contribution is 2.36. The highest BCUT2D eigenvalue weighted by atomic mass is 19.4. The normalized spacial score (nSPS) is 11.8. The van der Waals surface area contributed by atoms with Crippen LogP contribution in [0.3, 0.4) is 0 Å². The van der Waals surface area contributed by atoms with Crippen molar-refractivity contribution in [2.75, 3.05) is 0 Å². The third-order valence-electron chi connectivity index (χ3n) is 4.71. The minimum Gasteiger partial charge on any atom is -0.503 e. The van der Waals surface area contributed by atoms with Crippen molar-refractivity contribution in [3.8, 4) is 11.5 Å². The van der Waals surface area contributed by atoms with Gasteiger partial charge in [-0.3, -0.25) is 14.2 Å². The number of aromatic nitrogens is 1. The summed E-state index contributed by atoms with van der Waals surface area (Å²) in [5.41, 5.74) is -0.327. The Bertz CT molecular complexity index is 1230. The lowest BCUT2D eigenvalue weighted by molar-refractivity contribution is -0.274. The number of phenols is 1. The Hall–Kier alpha value is -3.63. The van der Waals surface area contributed by atoms with Crippen molar-refractivity contribution >= 4 is 22.8 Å².